The van der Waals surface area contributed by atoms with Crippen LogP contribution < -0.4 is 0 Å². The Balaban J connectivity index is 1.80. The number of piperidine rings is 1. The minimum absolute atomic E-state index is 0.0716. The molecule has 1 aliphatic heterocycles. The summed E-state index contributed by atoms with van der Waals surface area (Å²) < 4.78 is 1.05. The molecular formula is C17H23BrN2O2. The molecule has 120 valence electrons. The quantitative estimate of drug-likeness (QED) is 0.821. The van der Waals surface area contributed by atoms with E-state index >= 15 is 0 Å². The Bertz CT molecular complexity index is 537. The molecule has 1 heterocycles. The summed E-state index contributed by atoms with van der Waals surface area (Å²) in [4.78, 5) is 27.8. The first-order valence-corrected chi connectivity index (χ1v) is 8.50. The second kappa shape index (κ2) is 7.77. The van der Waals surface area contributed by atoms with Crippen LogP contribution in [0.2, 0.25) is 0 Å². The maximum atomic E-state index is 12.3. The van der Waals surface area contributed by atoms with Crippen LogP contribution in [0.4, 0.5) is 0 Å². The van der Waals surface area contributed by atoms with Crippen molar-refractivity contribution in [2.24, 2.45) is 5.92 Å². The van der Waals surface area contributed by atoms with Gasteiger partial charge in [-0.05, 0) is 30.9 Å². The van der Waals surface area contributed by atoms with Gasteiger partial charge in [0.15, 0.2) is 0 Å². The highest BCUT2D eigenvalue weighted by Crippen LogP contribution is 2.21. The molecule has 2 rings (SSSR count). The zero-order valence-corrected chi connectivity index (χ0v) is 14.8. The predicted molar refractivity (Wildman–Crippen MR) is 90.5 cm³/mol. The zero-order valence-electron chi connectivity index (χ0n) is 13.2. The average molecular weight is 367 g/mol. The Morgan fingerprint density at radius 1 is 1.23 bits per heavy atom. The molecule has 22 heavy (non-hydrogen) atoms. The van der Waals surface area contributed by atoms with Gasteiger partial charge in [-0.3, -0.25) is 9.59 Å². The monoisotopic (exact) mass is 366 g/mol. The lowest BCUT2D eigenvalue weighted by molar-refractivity contribution is -0.139. The van der Waals surface area contributed by atoms with Crippen LogP contribution in [0.5, 0.6) is 0 Å². The van der Waals surface area contributed by atoms with Gasteiger partial charge in [0.1, 0.15) is 0 Å². The molecule has 1 fully saturated rings. The standard InChI is InChI=1S/C17H23BrN2O2/c1-19(2)17(22)14-9-11-20(12-10-14)16(21)8-7-13-5-3-4-6-15(13)18/h3-6,14H,7-12H2,1-2H3. The lowest BCUT2D eigenvalue weighted by Gasteiger charge is -2.32. The summed E-state index contributed by atoms with van der Waals surface area (Å²) in [6, 6.07) is 8.00. The van der Waals surface area contributed by atoms with Gasteiger partial charge in [0.25, 0.3) is 0 Å². The second-order valence-electron chi connectivity index (χ2n) is 5.98. The fourth-order valence-corrected chi connectivity index (χ4v) is 3.32. The number of hydrogen-bond donors (Lipinski definition) is 0. The number of rotatable bonds is 4. The van der Waals surface area contributed by atoms with Crippen molar-refractivity contribution in [2.75, 3.05) is 27.2 Å². The van der Waals surface area contributed by atoms with Gasteiger partial charge in [-0.15, -0.1) is 0 Å². The Morgan fingerprint density at radius 3 is 2.45 bits per heavy atom. The Labute approximate surface area is 140 Å². The highest BCUT2D eigenvalue weighted by Gasteiger charge is 2.27. The molecule has 1 saturated heterocycles. The van der Waals surface area contributed by atoms with Crippen molar-refractivity contribution in [1.82, 2.24) is 9.80 Å². The van der Waals surface area contributed by atoms with E-state index in [2.05, 4.69) is 15.9 Å². The van der Waals surface area contributed by atoms with Crippen molar-refractivity contribution in [2.45, 2.75) is 25.7 Å². The Hall–Kier alpha value is -1.36. The summed E-state index contributed by atoms with van der Waals surface area (Å²) in [5.41, 5.74) is 1.16. The van der Waals surface area contributed by atoms with Gasteiger partial charge in [-0.1, -0.05) is 34.1 Å². The van der Waals surface area contributed by atoms with Gasteiger partial charge in [0.2, 0.25) is 11.8 Å². The Morgan fingerprint density at radius 2 is 1.86 bits per heavy atom. The van der Waals surface area contributed by atoms with E-state index in [9.17, 15) is 9.59 Å². The molecule has 0 spiro atoms. The Kier molecular flexibility index (Phi) is 6.00. The summed E-state index contributed by atoms with van der Waals surface area (Å²) in [5, 5.41) is 0. The van der Waals surface area contributed by atoms with Crippen LogP contribution in [0.25, 0.3) is 0 Å². The van der Waals surface area contributed by atoms with Crippen LogP contribution in [0.1, 0.15) is 24.8 Å². The van der Waals surface area contributed by atoms with Gasteiger partial charge in [-0.25, -0.2) is 0 Å². The van der Waals surface area contributed by atoms with Gasteiger partial charge in [0, 0.05) is 44.0 Å². The number of benzene rings is 1. The van der Waals surface area contributed by atoms with Crippen molar-refractivity contribution >= 4 is 27.7 Å². The molecule has 0 aliphatic carbocycles. The number of aryl methyl sites for hydroxylation is 1. The topological polar surface area (TPSA) is 40.6 Å². The first-order chi connectivity index (χ1) is 10.5. The number of amides is 2. The van der Waals surface area contributed by atoms with E-state index in [4.69, 9.17) is 0 Å². The third-order valence-corrected chi connectivity index (χ3v) is 4.98. The number of carbonyl (C=O) groups is 2. The van der Waals surface area contributed by atoms with Crippen molar-refractivity contribution in [3.63, 3.8) is 0 Å². The summed E-state index contributed by atoms with van der Waals surface area (Å²) in [6.45, 7) is 1.39. The average Bonchev–Trinajstić information content (AvgIpc) is 2.53. The lowest BCUT2D eigenvalue weighted by atomic mass is 9.95. The maximum absolute atomic E-state index is 12.3. The summed E-state index contributed by atoms with van der Waals surface area (Å²) in [5.74, 6) is 0.439. The van der Waals surface area contributed by atoms with E-state index in [0.717, 1.165) is 29.3 Å². The molecule has 5 heteroatoms. The molecule has 0 atom stereocenters. The molecule has 0 aromatic heterocycles. The normalized spacial score (nSPS) is 15.7. The molecule has 0 radical (unpaired) electrons. The van der Waals surface area contributed by atoms with E-state index in [1.165, 1.54) is 0 Å². The molecule has 1 aromatic carbocycles. The van der Waals surface area contributed by atoms with Crippen LogP contribution in [-0.2, 0) is 16.0 Å². The van der Waals surface area contributed by atoms with Gasteiger partial charge in [0.05, 0.1) is 0 Å². The van der Waals surface area contributed by atoms with Gasteiger partial charge < -0.3 is 9.80 Å². The largest absolute Gasteiger partial charge is 0.349 e. The molecule has 4 nitrogen and oxygen atoms in total. The minimum Gasteiger partial charge on any atom is -0.349 e. The number of halogens is 1. The molecule has 0 unspecified atom stereocenters. The van der Waals surface area contributed by atoms with E-state index in [-0.39, 0.29) is 17.7 Å². The number of likely N-dealkylation sites (tertiary alicyclic amines) is 1. The molecule has 2 amide bonds. The number of nitrogens with zero attached hydrogens (tertiary/aromatic N) is 2. The van der Waals surface area contributed by atoms with E-state index in [1.807, 2.05) is 29.2 Å². The summed E-state index contributed by atoms with van der Waals surface area (Å²) >= 11 is 3.51. The van der Waals surface area contributed by atoms with Crippen molar-refractivity contribution in [1.29, 1.82) is 0 Å². The second-order valence-corrected chi connectivity index (χ2v) is 6.83. The number of carbonyl (C=O) groups excluding carboxylic acids is 2. The zero-order chi connectivity index (χ0) is 16.1. The molecule has 1 aliphatic rings. The fraction of sp³-hybridized carbons (Fsp3) is 0.529. The van der Waals surface area contributed by atoms with Crippen molar-refractivity contribution in [3.05, 3.63) is 34.3 Å². The third-order valence-electron chi connectivity index (χ3n) is 4.20. The summed E-state index contributed by atoms with van der Waals surface area (Å²) in [6.07, 6.45) is 2.82. The maximum Gasteiger partial charge on any atom is 0.225 e. The van der Waals surface area contributed by atoms with Crippen LogP contribution in [0, 0.1) is 5.92 Å². The highest BCUT2D eigenvalue weighted by molar-refractivity contribution is 9.10. The van der Waals surface area contributed by atoms with Crippen LogP contribution in [-0.4, -0.2) is 48.8 Å². The third kappa shape index (κ3) is 4.32. The molecule has 0 N–H and O–H groups in total. The smallest absolute Gasteiger partial charge is 0.225 e. The van der Waals surface area contributed by atoms with Crippen molar-refractivity contribution in [3.8, 4) is 0 Å². The molecular weight excluding hydrogens is 344 g/mol. The highest BCUT2D eigenvalue weighted by atomic mass is 79.9. The molecule has 0 saturated carbocycles. The molecule has 1 aromatic rings. The van der Waals surface area contributed by atoms with Crippen molar-refractivity contribution < 1.29 is 9.59 Å². The lowest BCUT2D eigenvalue weighted by Crippen LogP contribution is -2.42. The van der Waals surface area contributed by atoms with Crippen LogP contribution in [0.15, 0.2) is 28.7 Å². The van der Waals surface area contributed by atoms with E-state index in [0.29, 0.717) is 19.5 Å². The SMILES string of the molecule is CN(C)C(=O)C1CCN(C(=O)CCc2ccccc2Br)CC1. The van der Waals surface area contributed by atoms with Crippen LogP contribution >= 0.6 is 15.9 Å². The minimum atomic E-state index is 0.0716. The van der Waals surface area contributed by atoms with E-state index < -0.39 is 0 Å². The fourth-order valence-electron chi connectivity index (χ4n) is 2.84. The van der Waals surface area contributed by atoms with Gasteiger partial charge >= 0.3 is 0 Å². The first-order valence-electron chi connectivity index (χ1n) is 7.71. The molecule has 0 bridgehead atoms. The van der Waals surface area contributed by atoms with Crippen LogP contribution in [0.3, 0.4) is 0 Å². The summed E-state index contributed by atoms with van der Waals surface area (Å²) in [7, 11) is 3.58. The first kappa shape index (κ1) is 17.0. The van der Waals surface area contributed by atoms with Gasteiger partial charge in [-0.2, -0.15) is 0 Å². The van der Waals surface area contributed by atoms with E-state index in [1.54, 1.807) is 19.0 Å². The predicted octanol–water partition coefficient (Wildman–Crippen LogP) is 2.71. The number of hydrogen-bond acceptors (Lipinski definition) is 2.